The molecule has 0 aromatic heterocycles. The molecule has 144 valence electrons. The Morgan fingerprint density at radius 1 is 1.12 bits per heavy atom. The van der Waals surface area contributed by atoms with Crippen molar-refractivity contribution in [3.05, 3.63) is 29.8 Å². The van der Waals surface area contributed by atoms with E-state index >= 15 is 0 Å². The van der Waals surface area contributed by atoms with Gasteiger partial charge >= 0.3 is 5.97 Å². The van der Waals surface area contributed by atoms with E-state index in [0.29, 0.717) is 12.6 Å². The van der Waals surface area contributed by atoms with Gasteiger partial charge in [-0.25, -0.2) is 0 Å². The second kappa shape index (κ2) is 9.38. The first-order chi connectivity index (χ1) is 12.7. The Bertz CT molecular complexity index is 559. The molecule has 1 heterocycles. The van der Waals surface area contributed by atoms with Gasteiger partial charge in [-0.3, -0.25) is 4.79 Å². The van der Waals surface area contributed by atoms with E-state index < -0.39 is 0 Å². The van der Waals surface area contributed by atoms with Crippen molar-refractivity contribution in [3.8, 4) is 0 Å². The van der Waals surface area contributed by atoms with Crippen molar-refractivity contribution < 1.29 is 9.53 Å². The quantitative estimate of drug-likeness (QED) is 0.765. The molecule has 5 nitrogen and oxygen atoms in total. The van der Waals surface area contributed by atoms with Crippen molar-refractivity contribution in [1.29, 1.82) is 0 Å². The summed E-state index contributed by atoms with van der Waals surface area (Å²) in [6.45, 7) is 3.97. The van der Waals surface area contributed by atoms with Gasteiger partial charge in [-0.15, -0.1) is 0 Å². The number of hydrogen-bond acceptors (Lipinski definition) is 5. The first-order valence-corrected chi connectivity index (χ1v) is 10.0. The van der Waals surface area contributed by atoms with E-state index in [0.717, 1.165) is 51.2 Å². The molecule has 26 heavy (non-hydrogen) atoms. The van der Waals surface area contributed by atoms with Crippen LogP contribution in [0.25, 0.3) is 0 Å². The van der Waals surface area contributed by atoms with Gasteiger partial charge in [0.25, 0.3) is 0 Å². The lowest BCUT2D eigenvalue weighted by molar-refractivity contribution is -0.146. The zero-order valence-corrected chi connectivity index (χ0v) is 16.0. The van der Waals surface area contributed by atoms with Crippen molar-refractivity contribution in [2.45, 2.75) is 51.1 Å². The van der Waals surface area contributed by atoms with E-state index in [4.69, 9.17) is 10.5 Å². The molecule has 1 saturated carbocycles. The highest BCUT2D eigenvalue weighted by Crippen LogP contribution is 2.27. The molecule has 1 aliphatic heterocycles. The van der Waals surface area contributed by atoms with Crippen LogP contribution in [0.15, 0.2) is 24.3 Å². The Morgan fingerprint density at radius 3 is 2.35 bits per heavy atom. The number of esters is 1. The van der Waals surface area contributed by atoms with Gasteiger partial charge < -0.3 is 20.7 Å². The second-order valence-electron chi connectivity index (χ2n) is 7.78. The summed E-state index contributed by atoms with van der Waals surface area (Å²) in [7, 11) is 1.49. The summed E-state index contributed by atoms with van der Waals surface area (Å²) in [6, 6.07) is 9.22. The van der Waals surface area contributed by atoms with Gasteiger partial charge in [-0.2, -0.15) is 0 Å². The lowest BCUT2D eigenvalue weighted by Crippen LogP contribution is -2.41. The van der Waals surface area contributed by atoms with Gasteiger partial charge in [0, 0.05) is 31.4 Å². The molecule has 5 heteroatoms. The minimum atomic E-state index is -0.0321. The average Bonchev–Trinajstić information content (AvgIpc) is 2.72. The SMILES string of the molecule is COC(=O)C1CCC(NCC2CCN(c3ccc(CN)cc3)CC2)CC1. The maximum atomic E-state index is 11.6. The summed E-state index contributed by atoms with van der Waals surface area (Å²) < 4.78 is 4.87. The third-order valence-corrected chi connectivity index (χ3v) is 6.11. The zero-order chi connectivity index (χ0) is 18.4. The number of nitrogens with zero attached hydrogens (tertiary/aromatic N) is 1. The molecule has 1 aromatic rings. The lowest BCUT2D eigenvalue weighted by atomic mass is 9.85. The Labute approximate surface area is 157 Å². The number of rotatable bonds is 6. The van der Waals surface area contributed by atoms with E-state index in [1.807, 2.05) is 0 Å². The summed E-state index contributed by atoms with van der Waals surface area (Å²) in [5.41, 5.74) is 8.18. The van der Waals surface area contributed by atoms with Crippen molar-refractivity contribution in [1.82, 2.24) is 5.32 Å². The zero-order valence-electron chi connectivity index (χ0n) is 16.0. The summed E-state index contributed by atoms with van der Waals surface area (Å²) in [5, 5.41) is 3.75. The number of carbonyl (C=O) groups is 1. The highest BCUT2D eigenvalue weighted by atomic mass is 16.5. The van der Waals surface area contributed by atoms with E-state index in [-0.39, 0.29) is 11.9 Å². The molecule has 0 unspecified atom stereocenters. The van der Waals surface area contributed by atoms with Crippen molar-refractivity contribution in [2.24, 2.45) is 17.6 Å². The van der Waals surface area contributed by atoms with Crippen LogP contribution in [0.3, 0.4) is 0 Å². The summed E-state index contributed by atoms with van der Waals surface area (Å²) in [6.07, 6.45) is 6.58. The number of hydrogen-bond donors (Lipinski definition) is 2. The molecule has 0 spiro atoms. The Kier molecular flexibility index (Phi) is 6.92. The summed E-state index contributed by atoms with van der Waals surface area (Å²) in [5.74, 6) is 0.843. The van der Waals surface area contributed by atoms with Crippen LogP contribution in [0.2, 0.25) is 0 Å². The van der Waals surface area contributed by atoms with Crippen molar-refractivity contribution >= 4 is 11.7 Å². The molecule has 2 fully saturated rings. The third-order valence-electron chi connectivity index (χ3n) is 6.11. The standard InChI is InChI=1S/C21H33N3O2/c1-26-21(25)18-4-6-19(7-5-18)23-15-17-10-12-24(13-11-17)20-8-2-16(14-22)3-9-20/h2-3,8-9,17-19,23H,4-7,10-15,22H2,1H3. The maximum absolute atomic E-state index is 11.6. The molecule has 1 aromatic carbocycles. The number of methoxy groups -OCH3 is 1. The molecular formula is C21H33N3O2. The first kappa shape index (κ1) is 19.2. The van der Waals surface area contributed by atoms with E-state index in [1.54, 1.807) is 0 Å². The van der Waals surface area contributed by atoms with Crippen LogP contribution in [0.5, 0.6) is 0 Å². The van der Waals surface area contributed by atoms with Gasteiger partial charge in [-0.1, -0.05) is 12.1 Å². The van der Waals surface area contributed by atoms with Crippen LogP contribution >= 0.6 is 0 Å². The number of piperidine rings is 1. The predicted octanol–water partition coefficient (Wildman–Crippen LogP) is 2.68. The van der Waals surface area contributed by atoms with E-state index in [9.17, 15) is 4.79 Å². The smallest absolute Gasteiger partial charge is 0.308 e. The molecule has 1 aliphatic carbocycles. The molecule has 2 aliphatic rings. The fraction of sp³-hybridized carbons (Fsp3) is 0.667. The van der Waals surface area contributed by atoms with Gasteiger partial charge in [0.15, 0.2) is 0 Å². The molecule has 3 N–H and O–H groups in total. The molecule has 0 radical (unpaired) electrons. The number of anilines is 1. The van der Waals surface area contributed by atoms with Crippen LogP contribution < -0.4 is 16.0 Å². The number of ether oxygens (including phenoxy) is 1. The van der Waals surface area contributed by atoms with Crippen LogP contribution in [0.4, 0.5) is 5.69 Å². The Hall–Kier alpha value is -1.59. The maximum Gasteiger partial charge on any atom is 0.308 e. The van der Waals surface area contributed by atoms with Crippen molar-refractivity contribution in [3.63, 3.8) is 0 Å². The Balaban J connectivity index is 1.36. The largest absolute Gasteiger partial charge is 0.469 e. The minimum absolute atomic E-state index is 0.0321. The van der Waals surface area contributed by atoms with Gasteiger partial charge in [0.2, 0.25) is 0 Å². The topological polar surface area (TPSA) is 67.6 Å². The molecule has 0 atom stereocenters. The van der Waals surface area contributed by atoms with Gasteiger partial charge in [0.1, 0.15) is 0 Å². The monoisotopic (exact) mass is 359 g/mol. The van der Waals surface area contributed by atoms with Gasteiger partial charge in [0.05, 0.1) is 13.0 Å². The fourth-order valence-electron chi connectivity index (χ4n) is 4.27. The third kappa shape index (κ3) is 4.98. The van der Waals surface area contributed by atoms with E-state index in [1.165, 1.54) is 31.2 Å². The predicted molar refractivity (Wildman–Crippen MR) is 105 cm³/mol. The van der Waals surface area contributed by atoms with Crippen LogP contribution in [0, 0.1) is 11.8 Å². The number of benzene rings is 1. The fourth-order valence-corrected chi connectivity index (χ4v) is 4.27. The summed E-state index contributed by atoms with van der Waals surface area (Å²) >= 11 is 0. The average molecular weight is 360 g/mol. The van der Waals surface area contributed by atoms with Gasteiger partial charge in [-0.05, 0) is 68.7 Å². The molecule has 0 bridgehead atoms. The first-order valence-electron chi connectivity index (χ1n) is 10.0. The molecular weight excluding hydrogens is 326 g/mol. The minimum Gasteiger partial charge on any atom is -0.469 e. The highest BCUT2D eigenvalue weighted by molar-refractivity contribution is 5.72. The molecule has 0 amide bonds. The van der Waals surface area contributed by atoms with Crippen LogP contribution in [-0.4, -0.2) is 38.8 Å². The summed E-state index contributed by atoms with van der Waals surface area (Å²) in [4.78, 5) is 14.1. The normalized spacial score (nSPS) is 24.5. The highest BCUT2D eigenvalue weighted by Gasteiger charge is 2.27. The molecule has 1 saturated heterocycles. The van der Waals surface area contributed by atoms with Crippen molar-refractivity contribution in [2.75, 3.05) is 31.6 Å². The second-order valence-corrected chi connectivity index (χ2v) is 7.78. The number of nitrogens with two attached hydrogens (primary N) is 1. The lowest BCUT2D eigenvalue weighted by Gasteiger charge is -2.35. The molecule has 3 rings (SSSR count). The van der Waals surface area contributed by atoms with Crippen LogP contribution in [0.1, 0.15) is 44.1 Å². The Morgan fingerprint density at radius 2 is 1.77 bits per heavy atom. The number of nitrogens with one attached hydrogen (secondary N) is 1. The number of carbonyl (C=O) groups excluding carboxylic acids is 1. The van der Waals surface area contributed by atoms with Crippen LogP contribution in [-0.2, 0) is 16.1 Å². The van der Waals surface area contributed by atoms with E-state index in [2.05, 4.69) is 34.5 Å².